The van der Waals surface area contributed by atoms with Crippen molar-refractivity contribution in [3.8, 4) is 5.75 Å². The molecule has 0 bridgehead atoms. The Balaban J connectivity index is 1.47. The lowest BCUT2D eigenvalue weighted by molar-refractivity contribution is 0.305. The van der Waals surface area contributed by atoms with Gasteiger partial charge in [0.25, 0.3) is 0 Å². The Morgan fingerprint density at radius 2 is 2.04 bits per heavy atom. The Kier molecular flexibility index (Phi) is 7.34. The molecular formula is C20H25BrClN3O. The molecule has 2 aromatic rings. The van der Waals surface area contributed by atoms with Crippen molar-refractivity contribution in [3.63, 3.8) is 0 Å². The van der Waals surface area contributed by atoms with E-state index in [-0.39, 0.29) is 0 Å². The highest BCUT2D eigenvalue weighted by Gasteiger charge is 2.21. The van der Waals surface area contributed by atoms with Crippen LogP contribution in [0.2, 0.25) is 5.02 Å². The number of nitrogens with two attached hydrogens (primary N) is 1. The summed E-state index contributed by atoms with van der Waals surface area (Å²) in [7, 11) is 0. The number of hydrogen-bond donors (Lipinski definition) is 3. The van der Waals surface area contributed by atoms with Gasteiger partial charge in [-0.15, -0.1) is 0 Å². The molecule has 0 saturated carbocycles. The second-order valence-corrected chi connectivity index (χ2v) is 7.97. The molecule has 140 valence electrons. The predicted octanol–water partition coefficient (Wildman–Crippen LogP) is 3.85. The van der Waals surface area contributed by atoms with Crippen molar-refractivity contribution in [2.75, 3.05) is 13.1 Å². The summed E-state index contributed by atoms with van der Waals surface area (Å²) in [5.41, 5.74) is 8.00. The minimum Gasteiger partial charge on any atom is -0.489 e. The van der Waals surface area contributed by atoms with Crippen LogP contribution in [-0.4, -0.2) is 25.2 Å². The third-order valence-corrected chi connectivity index (χ3v) is 5.62. The lowest BCUT2D eigenvalue weighted by Crippen LogP contribution is -2.40. The molecule has 0 radical (unpaired) electrons. The van der Waals surface area contributed by atoms with Crippen molar-refractivity contribution in [1.82, 2.24) is 10.6 Å². The maximum absolute atomic E-state index is 5.98. The fourth-order valence-electron chi connectivity index (χ4n) is 3.19. The van der Waals surface area contributed by atoms with E-state index in [9.17, 15) is 0 Å². The Morgan fingerprint density at radius 3 is 2.81 bits per heavy atom. The quantitative estimate of drug-likeness (QED) is 0.586. The number of nitrogens with one attached hydrogen (secondary N) is 2. The van der Waals surface area contributed by atoms with Crippen LogP contribution in [0, 0.1) is 0 Å². The smallest absolute Gasteiger partial charge is 0.120 e. The van der Waals surface area contributed by atoms with Crippen molar-refractivity contribution in [3.05, 3.63) is 63.1 Å². The zero-order chi connectivity index (χ0) is 18.4. The Hall–Kier alpha value is -1.11. The summed E-state index contributed by atoms with van der Waals surface area (Å²) in [4.78, 5) is 0. The van der Waals surface area contributed by atoms with Crippen LogP contribution < -0.4 is 21.1 Å². The summed E-state index contributed by atoms with van der Waals surface area (Å²) in [6, 6.07) is 14.9. The standard InChI is InChI=1S/C20H25BrClN3O/c21-20-9-16(22)5-4-15(20)13-26-19-3-1-2-14(8-19)11-24-12-18-7-6-17(10-23)25-18/h1-5,8-9,17-18,24-25H,6-7,10-13,23H2. The van der Waals surface area contributed by atoms with Gasteiger partial charge in [-0.2, -0.15) is 0 Å². The maximum atomic E-state index is 5.98. The third kappa shape index (κ3) is 5.69. The summed E-state index contributed by atoms with van der Waals surface area (Å²) in [6.45, 7) is 3.01. The average molecular weight is 439 g/mol. The van der Waals surface area contributed by atoms with E-state index in [1.807, 2.05) is 30.3 Å². The molecule has 0 aromatic heterocycles. The van der Waals surface area contributed by atoms with Crippen LogP contribution in [0.5, 0.6) is 5.75 Å². The molecule has 0 spiro atoms. The van der Waals surface area contributed by atoms with Crippen LogP contribution in [0.15, 0.2) is 46.9 Å². The van der Waals surface area contributed by atoms with E-state index in [0.717, 1.165) is 35.4 Å². The van der Waals surface area contributed by atoms with Crippen molar-refractivity contribution in [2.45, 2.75) is 38.1 Å². The van der Waals surface area contributed by atoms with Crippen LogP contribution in [0.3, 0.4) is 0 Å². The number of ether oxygens (including phenoxy) is 1. The van der Waals surface area contributed by atoms with Crippen LogP contribution in [-0.2, 0) is 13.2 Å². The van der Waals surface area contributed by atoms with E-state index in [4.69, 9.17) is 22.1 Å². The van der Waals surface area contributed by atoms with Gasteiger partial charge in [0, 0.05) is 46.8 Å². The van der Waals surface area contributed by atoms with E-state index in [1.54, 1.807) is 0 Å². The van der Waals surface area contributed by atoms with E-state index in [2.05, 4.69) is 38.7 Å². The zero-order valence-corrected chi connectivity index (χ0v) is 17.0. The van der Waals surface area contributed by atoms with Gasteiger partial charge >= 0.3 is 0 Å². The number of rotatable bonds is 8. The van der Waals surface area contributed by atoms with Gasteiger partial charge in [-0.1, -0.05) is 45.7 Å². The van der Waals surface area contributed by atoms with Crippen molar-refractivity contribution >= 4 is 27.5 Å². The summed E-state index contributed by atoms with van der Waals surface area (Å²) < 4.78 is 6.90. The lowest BCUT2D eigenvalue weighted by Gasteiger charge is -2.14. The molecule has 4 N–H and O–H groups in total. The van der Waals surface area contributed by atoms with E-state index in [0.29, 0.717) is 23.7 Å². The molecule has 2 atom stereocenters. The van der Waals surface area contributed by atoms with Gasteiger partial charge in [0.1, 0.15) is 12.4 Å². The fraction of sp³-hybridized carbons (Fsp3) is 0.400. The van der Waals surface area contributed by atoms with Gasteiger partial charge in [0.15, 0.2) is 0 Å². The number of benzene rings is 2. The number of hydrogen-bond acceptors (Lipinski definition) is 4. The first kappa shape index (κ1) is 19.6. The van der Waals surface area contributed by atoms with Crippen LogP contribution >= 0.6 is 27.5 Å². The van der Waals surface area contributed by atoms with Crippen molar-refractivity contribution in [1.29, 1.82) is 0 Å². The average Bonchev–Trinajstić information content (AvgIpc) is 3.09. The van der Waals surface area contributed by atoms with Gasteiger partial charge in [-0.3, -0.25) is 0 Å². The van der Waals surface area contributed by atoms with Gasteiger partial charge in [-0.25, -0.2) is 0 Å². The molecule has 1 saturated heterocycles. The minimum atomic E-state index is 0.478. The molecule has 1 heterocycles. The van der Waals surface area contributed by atoms with Crippen LogP contribution in [0.1, 0.15) is 24.0 Å². The summed E-state index contributed by atoms with van der Waals surface area (Å²) in [5.74, 6) is 0.869. The highest BCUT2D eigenvalue weighted by Crippen LogP contribution is 2.23. The topological polar surface area (TPSA) is 59.3 Å². The second kappa shape index (κ2) is 9.72. The summed E-state index contributed by atoms with van der Waals surface area (Å²) in [5, 5.41) is 7.79. The minimum absolute atomic E-state index is 0.478. The zero-order valence-electron chi connectivity index (χ0n) is 14.7. The third-order valence-electron chi connectivity index (χ3n) is 4.65. The molecule has 2 aromatic carbocycles. The molecule has 26 heavy (non-hydrogen) atoms. The first-order valence-corrected chi connectivity index (χ1v) is 10.1. The lowest BCUT2D eigenvalue weighted by atomic mass is 10.2. The molecule has 0 amide bonds. The van der Waals surface area contributed by atoms with E-state index < -0.39 is 0 Å². The first-order chi connectivity index (χ1) is 12.6. The Labute approximate surface area is 168 Å². The molecule has 4 nitrogen and oxygen atoms in total. The Bertz CT molecular complexity index is 728. The Morgan fingerprint density at radius 1 is 1.19 bits per heavy atom. The molecule has 2 unspecified atom stereocenters. The van der Waals surface area contributed by atoms with Crippen LogP contribution in [0.4, 0.5) is 0 Å². The molecular weight excluding hydrogens is 414 g/mol. The summed E-state index contributed by atoms with van der Waals surface area (Å²) in [6.07, 6.45) is 2.36. The maximum Gasteiger partial charge on any atom is 0.120 e. The second-order valence-electron chi connectivity index (χ2n) is 6.68. The van der Waals surface area contributed by atoms with Gasteiger partial charge < -0.3 is 21.1 Å². The highest BCUT2D eigenvalue weighted by atomic mass is 79.9. The monoisotopic (exact) mass is 437 g/mol. The largest absolute Gasteiger partial charge is 0.489 e. The molecule has 1 aliphatic rings. The molecule has 6 heteroatoms. The van der Waals surface area contributed by atoms with Crippen molar-refractivity contribution < 1.29 is 4.74 Å². The van der Waals surface area contributed by atoms with Gasteiger partial charge in [-0.05, 0) is 42.7 Å². The fourth-order valence-corrected chi connectivity index (χ4v) is 3.98. The van der Waals surface area contributed by atoms with Crippen molar-refractivity contribution in [2.24, 2.45) is 5.73 Å². The van der Waals surface area contributed by atoms with Gasteiger partial charge in [0.2, 0.25) is 0 Å². The predicted molar refractivity (Wildman–Crippen MR) is 111 cm³/mol. The molecule has 3 rings (SSSR count). The molecule has 1 aliphatic heterocycles. The molecule has 1 fully saturated rings. The SMILES string of the molecule is NCC1CCC(CNCc2cccc(OCc3ccc(Cl)cc3Br)c2)N1. The number of halogens is 2. The van der Waals surface area contributed by atoms with Gasteiger partial charge in [0.05, 0.1) is 0 Å². The highest BCUT2D eigenvalue weighted by molar-refractivity contribution is 9.10. The van der Waals surface area contributed by atoms with E-state index >= 15 is 0 Å². The molecule has 0 aliphatic carbocycles. The van der Waals surface area contributed by atoms with Crippen LogP contribution in [0.25, 0.3) is 0 Å². The first-order valence-electron chi connectivity index (χ1n) is 8.96. The van der Waals surface area contributed by atoms with E-state index in [1.165, 1.54) is 18.4 Å². The summed E-state index contributed by atoms with van der Waals surface area (Å²) >= 11 is 9.50. The normalized spacial score (nSPS) is 19.7.